The molecule has 0 aromatic heterocycles. The third kappa shape index (κ3) is 6.23. The van der Waals surface area contributed by atoms with Crippen LogP contribution in [0.15, 0.2) is 72.3 Å². The first kappa shape index (κ1) is 31.9. The van der Waals surface area contributed by atoms with Gasteiger partial charge in [-0.05, 0) is 54.1 Å². The van der Waals surface area contributed by atoms with Gasteiger partial charge in [-0.1, -0.05) is 18.2 Å². The Hall–Kier alpha value is -4.46. The molecule has 4 atom stereocenters. The first-order valence-electron chi connectivity index (χ1n) is 14.0. The van der Waals surface area contributed by atoms with Gasteiger partial charge in [-0.2, -0.15) is 13.2 Å². The normalized spacial score (nSPS) is 20.4. The van der Waals surface area contributed by atoms with Crippen LogP contribution in [-0.4, -0.2) is 70.5 Å². The number of methoxy groups -OCH3 is 1. The largest absolute Gasteiger partial charge is 0.493 e. The highest BCUT2D eigenvalue weighted by Crippen LogP contribution is 2.51. The van der Waals surface area contributed by atoms with E-state index in [0.29, 0.717) is 11.1 Å². The van der Waals surface area contributed by atoms with Crippen LogP contribution in [0.5, 0.6) is 11.5 Å². The number of alkyl halides is 3. The lowest BCUT2D eigenvalue weighted by molar-refractivity contribution is -0.137. The number of nitrogens with zero attached hydrogens (tertiary/aromatic N) is 1. The van der Waals surface area contributed by atoms with Gasteiger partial charge in [0.1, 0.15) is 18.0 Å². The number of benzene rings is 3. The molecule has 0 unspecified atom stereocenters. The van der Waals surface area contributed by atoms with E-state index in [4.69, 9.17) is 9.47 Å². The standard InChI is InChI=1S/C32H30F4N2O7/c1-44-25-13-17(16-40)12-21-26-22(30(42)37-10-11-39)14-24(27(41)29(26)45-28(21)25)38(15-19-4-2-3-5-23(19)33)31(43)18-6-8-20(9-7-18)32(34,35)36/h2-9,12-14,24,26-27,29,39-41H,10-11,15-16H2,1H3,(H,37,42)/t24-,26+,27+,29+/m1/s1. The summed E-state index contributed by atoms with van der Waals surface area (Å²) in [7, 11) is 1.38. The molecule has 0 saturated heterocycles. The number of rotatable bonds is 9. The van der Waals surface area contributed by atoms with E-state index in [1.165, 1.54) is 43.5 Å². The molecule has 2 amide bonds. The van der Waals surface area contributed by atoms with Crippen LogP contribution >= 0.6 is 0 Å². The van der Waals surface area contributed by atoms with Gasteiger partial charge < -0.3 is 35.0 Å². The van der Waals surface area contributed by atoms with Crippen molar-refractivity contribution in [1.29, 1.82) is 0 Å². The van der Waals surface area contributed by atoms with Crippen molar-refractivity contribution in [3.63, 3.8) is 0 Å². The predicted octanol–water partition coefficient (Wildman–Crippen LogP) is 3.31. The summed E-state index contributed by atoms with van der Waals surface area (Å²) in [5.41, 5.74) is -0.161. The van der Waals surface area contributed by atoms with Gasteiger partial charge in [0, 0.05) is 35.4 Å². The van der Waals surface area contributed by atoms with Crippen LogP contribution in [0.1, 0.15) is 38.5 Å². The van der Waals surface area contributed by atoms with Crippen LogP contribution < -0.4 is 14.8 Å². The van der Waals surface area contributed by atoms with E-state index >= 15 is 0 Å². The second-order valence-electron chi connectivity index (χ2n) is 10.6. The maximum absolute atomic E-state index is 14.9. The van der Waals surface area contributed by atoms with Crippen LogP contribution in [0.4, 0.5) is 17.6 Å². The first-order chi connectivity index (χ1) is 21.5. The Morgan fingerprint density at radius 2 is 1.78 bits per heavy atom. The highest BCUT2D eigenvalue weighted by Gasteiger charge is 2.51. The average Bonchev–Trinajstić information content (AvgIpc) is 3.42. The third-order valence-corrected chi connectivity index (χ3v) is 7.87. The second-order valence-corrected chi connectivity index (χ2v) is 10.6. The van der Waals surface area contributed by atoms with E-state index in [0.717, 1.165) is 29.2 Å². The van der Waals surface area contributed by atoms with E-state index in [1.807, 2.05) is 0 Å². The molecule has 45 heavy (non-hydrogen) atoms. The molecule has 13 heteroatoms. The zero-order valence-corrected chi connectivity index (χ0v) is 23.9. The summed E-state index contributed by atoms with van der Waals surface area (Å²) in [6.45, 7) is -1.27. The molecule has 5 rings (SSSR count). The topological polar surface area (TPSA) is 129 Å². The highest BCUT2D eigenvalue weighted by atomic mass is 19.4. The smallest absolute Gasteiger partial charge is 0.416 e. The fraction of sp³-hybridized carbons (Fsp3) is 0.312. The Kier molecular flexibility index (Phi) is 9.14. The van der Waals surface area contributed by atoms with Crippen molar-refractivity contribution in [2.24, 2.45) is 0 Å². The highest BCUT2D eigenvalue weighted by molar-refractivity contribution is 5.97. The Balaban J connectivity index is 1.63. The number of ether oxygens (including phenoxy) is 2. The van der Waals surface area contributed by atoms with Crippen molar-refractivity contribution in [1.82, 2.24) is 10.2 Å². The number of hydrogen-bond donors (Lipinski definition) is 4. The summed E-state index contributed by atoms with van der Waals surface area (Å²) in [4.78, 5) is 28.5. The van der Waals surface area contributed by atoms with Gasteiger partial charge in [-0.15, -0.1) is 0 Å². The number of amides is 2. The molecule has 238 valence electrons. The Morgan fingerprint density at radius 3 is 2.40 bits per heavy atom. The maximum Gasteiger partial charge on any atom is 0.416 e. The average molecular weight is 631 g/mol. The minimum Gasteiger partial charge on any atom is -0.493 e. The quantitative estimate of drug-likeness (QED) is 0.267. The lowest BCUT2D eigenvalue weighted by Crippen LogP contribution is -2.55. The predicted molar refractivity (Wildman–Crippen MR) is 152 cm³/mol. The van der Waals surface area contributed by atoms with Gasteiger partial charge in [0.2, 0.25) is 5.91 Å². The SMILES string of the molecule is COc1cc(CO)cc2c1O[C@@H]1[C@@H](O)[C@H](N(Cc3ccccc3F)C(=O)c3ccc(C(F)(F)F)cc3)C=C(C(=O)NCCO)[C@H]21. The van der Waals surface area contributed by atoms with Crippen molar-refractivity contribution >= 4 is 11.8 Å². The van der Waals surface area contributed by atoms with Gasteiger partial charge >= 0.3 is 6.18 Å². The molecule has 0 fully saturated rings. The number of fused-ring (bicyclic) bond motifs is 3. The summed E-state index contributed by atoms with van der Waals surface area (Å²) in [5.74, 6) is -2.61. The fourth-order valence-corrected chi connectivity index (χ4v) is 5.71. The number of hydrogen-bond acceptors (Lipinski definition) is 7. The number of carbonyl (C=O) groups is 2. The fourth-order valence-electron chi connectivity index (χ4n) is 5.71. The van der Waals surface area contributed by atoms with Crippen molar-refractivity contribution < 1.29 is 51.9 Å². The van der Waals surface area contributed by atoms with Gasteiger partial charge in [-0.25, -0.2) is 4.39 Å². The molecule has 3 aromatic rings. The minimum absolute atomic E-state index is 0.0525. The number of aliphatic hydroxyl groups is 3. The summed E-state index contributed by atoms with van der Waals surface area (Å²) in [5, 5.41) is 33.5. The summed E-state index contributed by atoms with van der Waals surface area (Å²) in [6.07, 6.45) is -5.99. The van der Waals surface area contributed by atoms with Crippen LogP contribution in [-0.2, 0) is 24.1 Å². The zero-order valence-electron chi connectivity index (χ0n) is 23.9. The van der Waals surface area contributed by atoms with Crippen molar-refractivity contribution in [2.75, 3.05) is 20.3 Å². The molecule has 2 aliphatic rings. The van der Waals surface area contributed by atoms with Crippen LogP contribution in [0.2, 0.25) is 0 Å². The molecule has 1 heterocycles. The van der Waals surface area contributed by atoms with Crippen molar-refractivity contribution in [3.05, 3.63) is 106 Å². The molecular weight excluding hydrogens is 600 g/mol. The molecule has 0 radical (unpaired) electrons. The molecule has 3 aromatic carbocycles. The molecule has 0 bridgehead atoms. The number of aliphatic hydroxyl groups excluding tert-OH is 3. The van der Waals surface area contributed by atoms with Crippen LogP contribution in [0.3, 0.4) is 0 Å². The lowest BCUT2D eigenvalue weighted by Gasteiger charge is -2.40. The Morgan fingerprint density at radius 1 is 1.07 bits per heavy atom. The Bertz CT molecular complexity index is 1610. The van der Waals surface area contributed by atoms with Crippen molar-refractivity contribution in [2.45, 2.75) is 43.5 Å². The van der Waals surface area contributed by atoms with E-state index in [-0.39, 0.29) is 48.0 Å². The Labute approximate surface area is 255 Å². The second kappa shape index (κ2) is 12.9. The molecule has 4 N–H and O–H groups in total. The lowest BCUT2D eigenvalue weighted by atomic mass is 9.77. The zero-order chi connectivity index (χ0) is 32.5. The van der Waals surface area contributed by atoms with E-state index in [2.05, 4.69) is 5.32 Å². The molecule has 0 spiro atoms. The summed E-state index contributed by atoms with van der Waals surface area (Å²) >= 11 is 0. The van der Waals surface area contributed by atoms with Gasteiger partial charge in [0.15, 0.2) is 11.5 Å². The molecule has 9 nitrogen and oxygen atoms in total. The van der Waals surface area contributed by atoms with Crippen LogP contribution in [0.25, 0.3) is 0 Å². The molecule has 1 aliphatic heterocycles. The molecular formula is C32H30F4N2O7. The van der Waals surface area contributed by atoms with Crippen LogP contribution in [0, 0.1) is 5.82 Å². The van der Waals surface area contributed by atoms with Crippen molar-refractivity contribution in [3.8, 4) is 11.5 Å². The molecule has 1 aliphatic carbocycles. The van der Waals surface area contributed by atoms with Gasteiger partial charge in [0.05, 0.1) is 37.8 Å². The van der Waals surface area contributed by atoms with Gasteiger partial charge in [-0.3, -0.25) is 9.59 Å². The van der Waals surface area contributed by atoms with E-state index in [9.17, 15) is 42.5 Å². The van der Waals surface area contributed by atoms with E-state index in [1.54, 1.807) is 6.07 Å². The maximum atomic E-state index is 14.9. The number of halogens is 4. The molecule has 0 saturated carbocycles. The summed E-state index contributed by atoms with van der Waals surface area (Å²) in [6, 6.07) is 10.9. The first-order valence-corrected chi connectivity index (χ1v) is 14.0. The number of nitrogens with one attached hydrogen (secondary N) is 1. The van der Waals surface area contributed by atoms with Gasteiger partial charge in [0.25, 0.3) is 5.91 Å². The minimum atomic E-state index is -4.64. The summed E-state index contributed by atoms with van der Waals surface area (Å²) < 4.78 is 66.2. The monoisotopic (exact) mass is 630 g/mol. The third-order valence-electron chi connectivity index (χ3n) is 7.87. The van der Waals surface area contributed by atoms with E-state index < -0.39 is 60.1 Å². The number of carbonyl (C=O) groups excluding carboxylic acids is 2.